The van der Waals surface area contributed by atoms with E-state index >= 15 is 0 Å². The SMILES string of the molecule is [N-]=[N+]=NCc1ccccc1[C@@H]1OC(c2ccc(OCCCO)cc2)=N[C@]1(Cc1ccccc1)C(=O)NNCc1ccc(OC(F)(F)F)cc1. The van der Waals surface area contributed by atoms with Crippen LogP contribution in [-0.4, -0.2) is 42.0 Å². The lowest BCUT2D eigenvalue weighted by molar-refractivity contribution is -0.274. The summed E-state index contributed by atoms with van der Waals surface area (Å²) in [6.45, 7) is 0.439. The number of azide groups is 1. The lowest BCUT2D eigenvalue weighted by Crippen LogP contribution is -2.53. The second kappa shape index (κ2) is 16.0. The molecule has 254 valence electrons. The van der Waals surface area contributed by atoms with E-state index in [-0.39, 0.29) is 37.8 Å². The number of halogens is 3. The molecule has 1 amide bonds. The standard InChI is InChI=1S/C35H33F3N6O5/c36-35(37,38)49-29-15-11-25(12-16-29)22-40-43-33(46)34(21-24-7-2-1-3-8-24)31(30-10-5-4-9-27(30)23-41-44-39)48-32(42-34)26-13-17-28(18-14-26)47-20-6-19-45/h1-5,7-18,31,40,45H,6,19-23H2,(H,43,46)/t31-,34-/m0/s1. The Hall–Kier alpha value is -5.56. The highest BCUT2D eigenvalue weighted by Gasteiger charge is 2.54. The van der Waals surface area contributed by atoms with Crippen LogP contribution in [0.3, 0.4) is 0 Å². The van der Waals surface area contributed by atoms with E-state index in [1.807, 2.05) is 30.3 Å². The monoisotopic (exact) mass is 674 g/mol. The molecule has 49 heavy (non-hydrogen) atoms. The van der Waals surface area contributed by atoms with Gasteiger partial charge in [-0.25, -0.2) is 10.4 Å². The van der Waals surface area contributed by atoms with E-state index in [1.165, 1.54) is 24.3 Å². The molecule has 5 rings (SSSR count). The first-order valence-corrected chi connectivity index (χ1v) is 15.3. The number of benzene rings is 4. The lowest BCUT2D eigenvalue weighted by atomic mass is 9.81. The predicted octanol–water partition coefficient (Wildman–Crippen LogP) is 6.48. The van der Waals surface area contributed by atoms with Gasteiger partial charge in [0, 0.05) is 36.5 Å². The number of hydrogen-bond acceptors (Lipinski definition) is 8. The third-order valence-electron chi connectivity index (χ3n) is 7.64. The minimum absolute atomic E-state index is 0.00882. The van der Waals surface area contributed by atoms with Gasteiger partial charge < -0.3 is 19.3 Å². The molecule has 4 aromatic carbocycles. The van der Waals surface area contributed by atoms with Crippen molar-refractivity contribution in [3.63, 3.8) is 0 Å². The van der Waals surface area contributed by atoms with Crippen LogP contribution in [0, 0.1) is 0 Å². The Balaban J connectivity index is 1.49. The Labute approximate surface area is 280 Å². The molecule has 0 saturated carbocycles. The number of hydrazine groups is 1. The fraction of sp³-hybridized carbons (Fsp3) is 0.257. The molecule has 0 fully saturated rings. The highest BCUT2D eigenvalue weighted by molar-refractivity contribution is 6.01. The summed E-state index contributed by atoms with van der Waals surface area (Å²) in [4.78, 5) is 22.3. The molecule has 0 aromatic heterocycles. The minimum atomic E-state index is -4.81. The number of rotatable bonds is 15. The van der Waals surface area contributed by atoms with Gasteiger partial charge in [-0.15, -0.1) is 13.2 Å². The molecule has 3 N–H and O–H groups in total. The summed E-state index contributed by atoms with van der Waals surface area (Å²) in [6.07, 6.45) is -5.17. The van der Waals surface area contributed by atoms with Gasteiger partial charge in [-0.05, 0) is 64.2 Å². The van der Waals surface area contributed by atoms with Crippen molar-refractivity contribution < 1.29 is 37.3 Å². The van der Waals surface area contributed by atoms with Crippen molar-refractivity contribution in [1.82, 2.24) is 10.9 Å². The van der Waals surface area contributed by atoms with Gasteiger partial charge in [0.2, 0.25) is 5.90 Å². The molecule has 1 aliphatic heterocycles. The minimum Gasteiger partial charge on any atom is -0.494 e. The van der Waals surface area contributed by atoms with Crippen LogP contribution in [0.5, 0.6) is 11.5 Å². The van der Waals surface area contributed by atoms with Crippen molar-refractivity contribution in [2.24, 2.45) is 10.1 Å². The van der Waals surface area contributed by atoms with Crippen LogP contribution >= 0.6 is 0 Å². The van der Waals surface area contributed by atoms with E-state index in [2.05, 4.69) is 25.6 Å². The number of hydrogen-bond donors (Lipinski definition) is 3. The number of nitrogens with one attached hydrogen (secondary N) is 2. The quantitative estimate of drug-likeness (QED) is 0.0432. The fourth-order valence-corrected chi connectivity index (χ4v) is 5.35. The zero-order valence-corrected chi connectivity index (χ0v) is 26.1. The number of aliphatic imine (C=N–C) groups is 1. The number of aliphatic hydroxyl groups is 1. The van der Waals surface area contributed by atoms with Crippen LogP contribution < -0.4 is 20.3 Å². The van der Waals surface area contributed by atoms with Crippen molar-refractivity contribution in [1.29, 1.82) is 0 Å². The second-order valence-electron chi connectivity index (χ2n) is 11.0. The number of nitrogens with zero attached hydrogens (tertiary/aromatic N) is 4. The maximum Gasteiger partial charge on any atom is 0.573 e. The Morgan fingerprint density at radius 1 is 0.959 bits per heavy atom. The van der Waals surface area contributed by atoms with Crippen molar-refractivity contribution in [3.05, 3.63) is 141 Å². The first-order chi connectivity index (χ1) is 23.7. The summed E-state index contributed by atoms with van der Waals surface area (Å²) in [5.41, 5.74) is 16.3. The molecule has 0 spiro atoms. The van der Waals surface area contributed by atoms with Crippen molar-refractivity contribution >= 4 is 11.8 Å². The molecular formula is C35H33F3N6O5. The molecule has 4 aromatic rings. The summed E-state index contributed by atoms with van der Waals surface area (Å²) in [6, 6.07) is 28.8. The average Bonchev–Trinajstić information content (AvgIpc) is 3.48. The van der Waals surface area contributed by atoms with Crippen LogP contribution in [0.1, 0.15) is 40.3 Å². The van der Waals surface area contributed by atoms with E-state index in [4.69, 9.17) is 25.1 Å². The average molecular weight is 675 g/mol. The topological polar surface area (TPSA) is 150 Å². The number of carbonyl (C=O) groups is 1. The molecule has 2 atom stereocenters. The summed E-state index contributed by atoms with van der Waals surface area (Å²) in [7, 11) is 0. The predicted molar refractivity (Wildman–Crippen MR) is 174 cm³/mol. The largest absolute Gasteiger partial charge is 0.573 e. The number of ether oxygens (including phenoxy) is 3. The zero-order chi connectivity index (χ0) is 34.7. The molecule has 0 unspecified atom stereocenters. The summed E-state index contributed by atoms with van der Waals surface area (Å²) >= 11 is 0. The Bertz CT molecular complexity index is 1780. The van der Waals surface area contributed by atoms with Gasteiger partial charge in [-0.2, -0.15) is 0 Å². The van der Waals surface area contributed by atoms with E-state index < -0.39 is 23.9 Å². The van der Waals surface area contributed by atoms with Crippen LogP contribution in [-0.2, 0) is 29.0 Å². The fourth-order valence-electron chi connectivity index (χ4n) is 5.35. The molecule has 0 radical (unpaired) electrons. The maximum atomic E-state index is 14.4. The number of amides is 1. The van der Waals surface area contributed by atoms with E-state index in [1.54, 1.807) is 48.5 Å². The van der Waals surface area contributed by atoms with E-state index in [0.29, 0.717) is 41.0 Å². The van der Waals surface area contributed by atoms with Gasteiger partial charge in [0.15, 0.2) is 11.6 Å². The summed E-state index contributed by atoms with van der Waals surface area (Å²) in [5.74, 6) is -0.102. The molecular weight excluding hydrogens is 641 g/mol. The van der Waals surface area contributed by atoms with Crippen LogP contribution in [0.4, 0.5) is 13.2 Å². The molecule has 11 nitrogen and oxygen atoms in total. The molecule has 1 heterocycles. The van der Waals surface area contributed by atoms with Gasteiger partial charge >= 0.3 is 6.36 Å². The van der Waals surface area contributed by atoms with Gasteiger partial charge in [0.25, 0.3) is 5.91 Å². The van der Waals surface area contributed by atoms with E-state index in [0.717, 1.165) is 5.56 Å². The Morgan fingerprint density at radius 3 is 2.35 bits per heavy atom. The van der Waals surface area contributed by atoms with Crippen molar-refractivity contribution in [3.8, 4) is 11.5 Å². The van der Waals surface area contributed by atoms with Gasteiger partial charge in [-0.3, -0.25) is 10.2 Å². The molecule has 0 bridgehead atoms. The zero-order valence-electron chi connectivity index (χ0n) is 26.1. The molecule has 0 aliphatic carbocycles. The van der Waals surface area contributed by atoms with Gasteiger partial charge in [0.1, 0.15) is 11.5 Å². The van der Waals surface area contributed by atoms with Crippen molar-refractivity contribution in [2.75, 3.05) is 13.2 Å². The second-order valence-corrected chi connectivity index (χ2v) is 11.0. The highest BCUT2D eigenvalue weighted by Crippen LogP contribution is 2.43. The van der Waals surface area contributed by atoms with Crippen LogP contribution in [0.15, 0.2) is 113 Å². The third-order valence-corrected chi connectivity index (χ3v) is 7.64. The summed E-state index contributed by atoms with van der Waals surface area (Å²) in [5, 5.41) is 12.8. The van der Waals surface area contributed by atoms with E-state index in [9.17, 15) is 18.0 Å². The van der Waals surface area contributed by atoms with Crippen molar-refractivity contribution in [2.45, 2.75) is 43.9 Å². The lowest BCUT2D eigenvalue weighted by Gasteiger charge is -2.31. The highest BCUT2D eigenvalue weighted by atomic mass is 19.4. The van der Waals surface area contributed by atoms with Gasteiger partial charge in [-0.1, -0.05) is 71.8 Å². The number of carbonyl (C=O) groups excluding carboxylic acids is 1. The molecule has 0 saturated heterocycles. The Kier molecular flexibility index (Phi) is 11.4. The van der Waals surface area contributed by atoms with Crippen LogP contribution in [0.2, 0.25) is 0 Å². The summed E-state index contributed by atoms with van der Waals surface area (Å²) < 4.78 is 53.9. The number of alkyl halides is 3. The first kappa shape index (κ1) is 34.8. The normalized spacial score (nSPS) is 17.0. The number of aliphatic hydroxyl groups excluding tert-OH is 1. The van der Waals surface area contributed by atoms with Crippen LogP contribution in [0.25, 0.3) is 10.4 Å². The van der Waals surface area contributed by atoms with Gasteiger partial charge in [0.05, 0.1) is 13.2 Å². The maximum absolute atomic E-state index is 14.4. The smallest absolute Gasteiger partial charge is 0.494 e. The third kappa shape index (κ3) is 9.08. The molecule has 14 heteroatoms. The first-order valence-electron chi connectivity index (χ1n) is 15.3. The molecule has 1 aliphatic rings. The Morgan fingerprint density at radius 2 is 1.65 bits per heavy atom.